The molecule has 0 amide bonds. The minimum absolute atomic E-state index is 0.919. The standard InChI is InChI=1S/C11H17N3/c1-2-10-3-7-14(8-4-10)11-9-12-5-6-13-11/h5-6,9-10H,2-4,7-8H2,1H3. The van der Waals surface area contributed by atoms with Gasteiger partial charge in [-0.15, -0.1) is 0 Å². The first-order chi connectivity index (χ1) is 6.90. The van der Waals surface area contributed by atoms with Crippen molar-refractivity contribution < 1.29 is 0 Å². The Labute approximate surface area is 85.2 Å². The second kappa shape index (κ2) is 4.40. The van der Waals surface area contributed by atoms with Crippen molar-refractivity contribution in [3.63, 3.8) is 0 Å². The Morgan fingerprint density at radius 3 is 2.71 bits per heavy atom. The number of hydrogen-bond donors (Lipinski definition) is 0. The zero-order valence-corrected chi connectivity index (χ0v) is 8.69. The minimum Gasteiger partial charge on any atom is -0.355 e. The number of aromatic nitrogens is 2. The highest BCUT2D eigenvalue weighted by Crippen LogP contribution is 2.22. The lowest BCUT2D eigenvalue weighted by atomic mass is 9.94. The van der Waals surface area contributed by atoms with E-state index in [1.165, 1.54) is 19.3 Å². The van der Waals surface area contributed by atoms with Crippen LogP contribution < -0.4 is 4.90 Å². The molecule has 1 aromatic heterocycles. The topological polar surface area (TPSA) is 29.0 Å². The van der Waals surface area contributed by atoms with E-state index in [0.717, 1.165) is 24.8 Å². The third-order valence-corrected chi connectivity index (χ3v) is 3.07. The highest BCUT2D eigenvalue weighted by molar-refractivity contribution is 5.35. The van der Waals surface area contributed by atoms with Gasteiger partial charge in [0.15, 0.2) is 0 Å². The highest BCUT2D eigenvalue weighted by atomic mass is 15.2. The minimum atomic E-state index is 0.919. The first-order valence-corrected chi connectivity index (χ1v) is 5.41. The van der Waals surface area contributed by atoms with E-state index in [-0.39, 0.29) is 0 Å². The molecule has 14 heavy (non-hydrogen) atoms. The molecule has 0 atom stereocenters. The van der Waals surface area contributed by atoms with Crippen LogP contribution in [0.3, 0.4) is 0 Å². The summed E-state index contributed by atoms with van der Waals surface area (Å²) in [5.74, 6) is 1.95. The molecule has 0 bridgehead atoms. The van der Waals surface area contributed by atoms with Crippen LogP contribution in [0.25, 0.3) is 0 Å². The van der Waals surface area contributed by atoms with Gasteiger partial charge >= 0.3 is 0 Å². The Morgan fingerprint density at radius 2 is 2.14 bits per heavy atom. The summed E-state index contributed by atoms with van der Waals surface area (Å²) in [6.07, 6.45) is 9.25. The van der Waals surface area contributed by atoms with Gasteiger partial charge in [-0.1, -0.05) is 13.3 Å². The smallest absolute Gasteiger partial charge is 0.147 e. The van der Waals surface area contributed by atoms with Crippen molar-refractivity contribution in [2.45, 2.75) is 26.2 Å². The van der Waals surface area contributed by atoms with Gasteiger partial charge in [0, 0.05) is 25.5 Å². The SMILES string of the molecule is CCC1CCN(c2cnccn2)CC1. The van der Waals surface area contributed by atoms with Crippen LogP contribution >= 0.6 is 0 Å². The van der Waals surface area contributed by atoms with E-state index in [1.54, 1.807) is 12.4 Å². The molecule has 3 nitrogen and oxygen atoms in total. The van der Waals surface area contributed by atoms with Crippen molar-refractivity contribution in [3.8, 4) is 0 Å². The molecule has 1 aliphatic rings. The van der Waals surface area contributed by atoms with Gasteiger partial charge in [0.1, 0.15) is 5.82 Å². The van der Waals surface area contributed by atoms with Crippen molar-refractivity contribution in [2.24, 2.45) is 5.92 Å². The summed E-state index contributed by atoms with van der Waals surface area (Å²) >= 11 is 0. The van der Waals surface area contributed by atoms with Crippen LogP contribution in [0.1, 0.15) is 26.2 Å². The van der Waals surface area contributed by atoms with Crippen molar-refractivity contribution >= 4 is 5.82 Å². The molecule has 3 heteroatoms. The number of nitrogens with zero attached hydrogens (tertiary/aromatic N) is 3. The van der Waals surface area contributed by atoms with Gasteiger partial charge in [-0.2, -0.15) is 0 Å². The Balaban J connectivity index is 1.96. The van der Waals surface area contributed by atoms with E-state index in [9.17, 15) is 0 Å². The van der Waals surface area contributed by atoms with Gasteiger partial charge in [-0.05, 0) is 18.8 Å². The summed E-state index contributed by atoms with van der Waals surface area (Å²) < 4.78 is 0. The molecule has 1 aliphatic heterocycles. The molecule has 0 unspecified atom stereocenters. The third kappa shape index (κ3) is 2.03. The van der Waals surface area contributed by atoms with E-state index < -0.39 is 0 Å². The van der Waals surface area contributed by atoms with Gasteiger partial charge in [0.25, 0.3) is 0 Å². The van der Waals surface area contributed by atoms with Gasteiger partial charge in [-0.25, -0.2) is 4.98 Å². The van der Waals surface area contributed by atoms with Crippen molar-refractivity contribution in [1.82, 2.24) is 9.97 Å². The van der Waals surface area contributed by atoms with E-state index >= 15 is 0 Å². The molecule has 1 fully saturated rings. The lowest BCUT2D eigenvalue weighted by Crippen LogP contribution is -2.34. The lowest BCUT2D eigenvalue weighted by Gasteiger charge is -2.31. The summed E-state index contributed by atoms with van der Waals surface area (Å²) in [5.41, 5.74) is 0. The van der Waals surface area contributed by atoms with E-state index in [0.29, 0.717) is 0 Å². The summed E-state index contributed by atoms with van der Waals surface area (Å²) in [6.45, 7) is 4.55. The Bertz CT molecular complexity index is 265. The molecule has 2 rings (SSSR count). The van der Waals surface area contributed by atoms with Crippen LogP contribution in [0.15, 0.2) is 18.6 Å². The first kappa shape index (κ1) is 9.44. The van der Waals surface area contributed by atoms with Crippen LogP contribution in [-0.2, 0) is 0 Å². The predicted molar refractivity (Wildman–Crippen MR) is 57.3 cm³/mol. The average molecular weight is 191 g/mol. The Hall–Kier alpha value is -1.12. The number of anilines is 1. The fraction of sp³-hybridized carbons (Fsp3) is 0.636. The van der Waals surface area contributed by atoms with Crippen molar-refractivity contribution in [2.75, 3.05) is 18.0 Å². The summed E-state index contributed by atoms with van der Waals surface area (Å²) in [4.78, 5) is 10.7. The number of hydrogen-bond acceptors (Lipinski definition) is 3. The summed E-state index contributed by atoms with van der Waals surface area (Å²) in [7, 11) is 0. The predicted octanol–water partition coefficient (Wildman–Crippen LogP) is 2.10. The summed E-state index contributed by atoms with van der Waals surface area (Å²) in [5, 5.41) is 0. The normalized spacial score (nSPS) is 18.5. The average Bonchev–Trinajstić information content (AvgIpc) is 2.30. The Kier molecular flexibility index (Phi) is 2.96. The quantitative estimate of drug-likeness (QED) is 0.717. The largest absolute Gasteiger partial charge is 0.355 e. The molecule has 0 spiro atoms. The zero-order chi connectivity index (χ0) is 9.80. The zero-order valence-electron chi connectivity index (χ0n) is 8.69. The molecule has 0 radical (unpaired) electrons. The molecule has 0 aromatic carbocycles. The third-order valence-electron chi connectivity index (χ3n) is 3.07. The molecule has 0 saturated carbocycles. The number of piperidine rings is 1. The highest BCUT2D eigenvalue weighted by Gasteiger charge is 2.18. The van der Waals surface area contributed by atoms with E-state index in [4.69, 9.17) is 0 Å². The number of rotatable bonds is 2. The van der Waals surface area contributed by atoms with E-state index in [2.05, 4.69) is 21.8 Å². The summed E-state index contributed by atoms with van der Waals surface area (Å²) in [6, 6.07) is 0. The van der Waals surface area contributed by atoms with Gasteiger partial charge in [-0.3, -0.25) is 4.98 Å². The van der Waals surface area contributed by atoms with E-state index in [1.807, 2.05) is 6.20 Å². The molecule has 1 saturated heterocycles. The van der Waals surface area contributed by atoms with Gasteiger partial charge < -0.3 is 4.90 Å². The fourth-order valence-electron chi connectivity index (χ4n) is 2.02. The molecule has 1 aromatic rings. The monoisotopic (exact) mass is 191 g/mol. The molecule has 0 aliphatic carbocycles. The second-order valence-electron chi connectivity index (χ2n) is 3.90. The van der Waals surface area contributed by atoms with Crippen LogP contribution in [0.5, 0.6) is 0 Å². The Morgan fingerprint density at radius 1 is 1.36 bits per heavy atom. The van der Waals surface area contributed by atoms with Crippen LogP contribution in [0.2, 0.25) is 0 Å². The van der Waals surface area contributed by atoms with Gasteiger partial charge in [0.2, 0.25) is 0 Å². The maximum atomic E-state index is 4.32. The molecule has 0 N–H and O–H groups in total. The maximum absolute atomic E-state index is 4.32. The molecule has 76 valence electrons. The maximum Gasteiger partial charge on any atom is 0.147 e. The lowest BCUT2D eigenvalue weighted by molar-refractivity contribution is 0.393. The van der Waals surface area contributed by atoms with Gasteiger partial charge in [0.05, 0.1) is 6.20 Å². The first-order valence-electron chi connectivity index (χ1n) is 5.41. The molecule has 2 heterocycles. The van der Waals surface area contributed by atoms with Crippen molar-refractivity contribution in [1.29, 1.82) is 0 Å². The second-order valence-corrected chi connectivity index (χ2v) is 3.90. The van der Waals surface area contributed by atoms with Crippen molar-refractivity contribution in [3.05, 3.63) is 18.6 Å². The molecular formula is C11H17N3. The fourth-order valence-corrected chi connectivity index (χ4v) is 2.02. The van der Waals surface area contributed by atoms with Crippen LogP contribution in [0, 0.1) is 5.92 Å². The van der Waals surface area contributed by atoms with Crippen LogP contribution in [0.4, 0.5) is 5.82 Å². The van der Waals surface area contributed by atoms with Crippen LogP contribution in [-0.4, -0.2) is 23.1 Å². The molecular weight excluding hydrogens is 174 g/mol.